The van der Waals surface area contributed by atoms with Gasteiger partial charge in [-0.15, -0.1) is 0 Å². The molecule has 1 fully saturated rings. The van der Waals surface area contributed by atoms with E-state index in [2.05, 4.69) is 6.07 Å². The summed E-state index contributed by atoms with van der Waals surface area (Å²) in [7, 11) is 0. The monoisotopic (exact) mass is 373 g/mol. The Hall–Kier alpha value is -2.02. The molecule has 3 unspecified atom stereocenters. The molecule has 0 N–H and O–H groups in total. The second kappa shape index (κ2) is 6.71. The number of rotatable bonds is 4. The number of ether oxygens (including phenoxy) is 1. The fourth-order valence-corrected chi connectivity index (χ4v) is 3.58. The minimum absolute atomic E-state index is 0.0825. The van der Waals surface area contributed by atoms with Gasteiger partial charge in [0.05, 0.1) is 5.92 Å². The van der Waals surface area contributed by atoms with E-state index >= 15 is 0 Å². The average molecular weight is 374 g/mol. The summed E-state index contributed by atoms with van der Waals surface area (Å²) >= 11 is 11.4. The van der Waals surface area contributed by atoms with Gasteiger partial charge in [0.2, 0.25) is 6.10 Å². The van der Waals surface area contributed by atoms with Crippen molar-refractivity contribution in [1.82, 2.24) is 0 Å². The third kappa shape index (κ3) is 3.51. The van der Waals surface area contributed by atoms with Crippen LogP contribution in [-0.4, -0.2) is 5.97 Å². The molecule has 0 aromatic heterocycles. The third-order valence-corrected chi connectivity index (χ3v) is 5.15. The van der Waals surface area contributed by atoms with Crippen LogP contribution in [0.2, 0.25) is 0 Å². The normalized spacial score (nSPS) is 21.9. The van der Waals surface area contributed by atoms with Crippen LogP contribution in [0.3, 0.4) is 0 Å². The quantitative estimate of drug-likeness (QED) is 0.661. The Bertz CT molecular complexity index is 894. The van der Waals surface area contributed by atoms with Gasteiger partial charge in [0, 0.05) is 5.56 Å². The first-order chi connectivity index (χ1) is 11.8. The van der Waals surface area contributed by atoms with Crippen LogP contribution >= 0.6 is 23.2 Å². The van der Waals surface area contributed by atoms with Gasteiger partial charge in [-0.2, -0.15) is 5.26 Å². The van der Waals surface area contributed by atoms with Gasteiger partial charge in [-0.25, -0.2) is 0 Å². The van der Waals surface area contributed by atoms with Crippen molar-refractivity contribution < 1.29 is 9.53 Å². The number of benzene rings is 2. The van der Waals surface area contributed by atoms with Crippen LogP contribution in [0.15, 0.2) is 53.0 Å². The number of hydrogen-bond acceptors (Lipinski definition) is 3. The fraction of sp³-hybridized carbons (Fsp3) is 0.300. The van der Waals surface area contributed by atoms with Crippen molar-refractivity contribution in [3.05, 3.63) is 58.6 Å². The van der Waals surface area contributed by atoms with Gasteiger partial charge in [-0.05, 0) is 34.2 Å². The van der Waals surface area contributed by atoms with Gasteiger partial charge < -0.3 is 4.74 Å². The molecule has 2 aromatic carbocycles. The zero-order valence-electron chi connectivity index (χ0n) is 13.9. The van der Waals surface area contributed by atoms with E-state index < -0.39 is 12.1 Å². The number of allylic oxidation sites excluding steroid dienone is 1. The van der Waals surface area contributed by atoms with E-state index in [0.717, 1.165) is 10.8 Å². The molecule has 1 aliphatic carbocycles. The van der Waals surface area contributed by atoms with Crippen molar-refractivity contribution in [2.24, 2.45) is 17.3 Å². The Labute approximate surface area is 156 Å². The molecule has 3 rings (SSSR count). The lowest BCUT2D eigenvalue weighted by Crippen LogP contribution is -2.14. The van der Waals surface area contributed by atoms with Gasteiger partial charge in [0.15, 0.2) is 0 Å². The summed E-state index contributed by atoms with van der Waals surface area (Å²) in [5.74, 6) is -0.835. The second-order valence-corrected chi connectivity index (χ2v) is 7.84. The Morgan fingerprint density at radius 2 is 1.92 bits per heavy atom. The van der Waals surface area contributed by atoms with Crippen molar-refractivity contribution in [2.75, 3.05) is 0 Å². The van der Waals surface area contributed by atoms with Crippen LogP contribution in [0.1, 0.15) is 25.5 Å². The summed E-state index contributed by atoms with van der Waals surface area (Å²) in [4.78, 5) is 12.5. The number of esters is 1. The zero-order valence-corrected chi connectivity index (χ0v) is 15.4. The lowest BCUT2D eigenvalue weighted by Gasteiger charge is -2.13. The number of carbonyl (C=O) groups excluding carboxylic acids is 1. The first-order valence-corrected chi connectivity index (χ1v) is 8.72. The molecule has 0 bridgehead atoms. The van der Waals surface area contributed by atoms with Crippen molar-refractivity contribution >= 4 is 39.9 Å². The van der Waals surface area contributed by atoms with Crippen molar-refractivity contribution in [2.45, 2.75) is 20.0 Å². The minimum Gasteiger partial charge on any atom is -0.442 e. The standard InChI is InChI=1S/C20H17Cl2NO2/c1-20(2)15(10-17(21)22)18(20)19(24)25-16(11-23)14-8-7-12-5-3-4-6-13(12)9-14/h3-10,15-16,18H,1-2H3. The molecule has 3 nitrogen and oxygen atoms in total. The predicted molar refractivity (Wildman–Crippen MR) is 98.9 cm³/mol. The molecule has 0 heterocycles. The average Bonchev–Trinajstić information content (AvgIpc) is 3.11. The summed E-state index contributed by atoms with van der Waals surface area (Å²) in [5, 5.41) is 11.5. The molecule has 0 aliphatic heterocycles. The van der Waals surface area contributed by atoms with Crippen LogP contribution < -0.4 is 0 Å². The van der Waals surface area contributed by atoms with Gasteiger partial charge in [-0.3, -0.25) is 4.79 Å². The van der Waals surface area contributed by atoms with Crippen LogP contribution in [-0.2, 0) is 9.53 Å². The smallest absolute Gasteiger partial charge is 0.311 e. The Morgan fingerprint density at radius 3 is 2.56 bits per heavy atom. The first-order valence-electron chi connectivity index (χ1n) is 7.96. The second-order valence-electron chi connectivity index (χ2n) is 6.83. The number of nitrogens with zero attached hydrogens (tertiary/aromatic N) is 1. The highest BCUT2D eigenvalue weighted by molar-refractivity contribution is 6.55. The Kier molecular flexibility index (Phi) is 4.77. The van der Waals surface area contributed by atoms with E-state index in [9.17, 15) is 10.1 Å². The van der Waals surface area contributed by atoms with Crippen molar-refractivity contribution in [3.63, 3.8) is 0 Å². The number of hydrogen-bond donors (Lipinski definition) is 0. The van der Waals surface area contributed by atoms with E-state index in [4.69, 9.17) is 27.9 Å². The summed E-state index contributed by atoms with van der Waals surface area (Å²) < 4.78 is 5.63. The number of fused-ring (bicyclic) bond motifs is 1. The van der Waals surface area contributed by atoms with Crippen LogP contribution in [0, 0.1) is 28.6 Å². The van der Waals surface area contributed by atoms with Gasteiger partial charge in [0.25, 0.3) is 0 Å². The Balaban J connectivity index is 1.79. The summed E-state index contributed by atoms with van der Waals surface area (Å²) in [6.07, 6.45) is 0.719. The highest BCUT2D eigenvalue weighted by atomic mass is 35.5. The number of halogens is 2. The van der Waals surface area contributed by atoms with Crippen LogP contribution in [0.4, 0.5) is 0 Å². The Morgan fingerprint density at radius 1 is 1.24 bits per heavy atom. The van der Waals surface area contributed by atoms with E-state index in [1.54, 1.807) is 6.08 Å². The van der Waals surface area contributed by atoms with Crippen molar-refractivity contribution in [3.8, 4) is 6.07 Å². The maximum absolute atomic E-state index is 12.5. The highest BCUT2D eigenvalue weighted by Gasteiger charge is 2.62. The molecule has 0 radical (unpaired) electrons. The summed E-state index contributed by atoms with van der Waals surface area (Å²) in [6, 6.07) is 15.5. The van der Waals surface area contributed by atoms with Gasteiger partial charge >= 0.3 is 5.97 Å². The van der Waals surface area contributed by atoms with Crippen LogP contribution in [0.5, 0.6) is 0 Å². The molecule has 1 saturated carbocycles. The van der Waals surface area contributed by atoms with E-state index in [-0.39, 0.29) is 21.7 Å². The zero-order chi connectivity index (χ0) is 18.2. The maximum atomic E-state index is 12.5. The molecule has 0 amide bonds. The topological polar surface area (TPSA) is 50.1 Å². The van der Waals surface area contributed by atoms with Gasteiger partial charge in [-0.1, -0.05) is 73.4 Å². The first kappa shape index (κ1) is 17.8. The molecule has 3 atom stereocenters. The van der Waals surface area contributed by atoms with Crippen molar-refractivity contribution in [1.29, 1.82) is 5.26 Å². The summed E-state index contributed by atoms with van der Waals surface area (Å²) in [6.45, 7) is 3.91. The predicted octanol–water partition coefficient (Wildman–Crippen LogP) is 5.54. The molecule has 2 aromatic rings. The third-order valence-electron chi connectivity index (χ3n) is 4.90. The minimum atomic E-state index is -0.940. The largest absolute Gasteiger partial charge is 0.442 e. The fourth-order valence-electron chi connectivity index (χ4n) is 3.30. The van der Waals surface area contributed by atoms with Crippen LogP contribution in [0.25, 0.3) is 10.8 Å². The van der Waals surface area contributed by atoms with E-state index in [0.29, 0.717) is 5.56 Å². The molecule has 25 heavy (non-hydrogen) atoms. The highest BCUT2D eigenvalue weighted by Crippen LogP contribution is 2.60. The molecule has 5 heteroatoms. The summed E-state index contributed by atoms with van der Waals surface area (Å²) in [5.41, 5.74) is 0.380. The molecule has 128 valence electrons. The van der Waals surface area contributed by atoms with E-state index in [1.807, 2.05) is 56.3 Å². The van der Waals surface area contributed by atoms with Gasteiger partial charge in [0.1, 0.15) is 10.6 Å². The SMILES string of the molecule is CC1(C)C(C=C(Cl)Cl)C1C(=O)OC(C#N)c1ccc2ccccc2c1. The van der Waals surface area contributed by atoms with E-state index in [1.165, 1.54) is 0 Å². The molecular weight excluding hydrogens is 357 g/mol. The lowest BCUT2D eigenvalue weighted by molar-refractivity contribution is -0.149. The molecule has 0 spiro atoms. The maximum Gasteiger partial charge on any atom is 0.311 e. The molecular formula is C20H17Cl2NO2. The number of nitriles is 1. The number of carbonyl (C=O) groups is 1. The lowest BCUT2D eigenvalue weighted by atomic mass is 10.0. The molecule has 1 aliphatic rings. The molecule has 0 saturated heterocycles.